The molecule has 1 heterocycles. The van der Waals surface area contributed by atoms with Crippen molar-refractivity contribution in [1.29, 1.82) is 0 Å². The Morgan fingerprint density at radius 2 is 1.80 bits per heavy atom. The van der Waals surface area contributed by atoms with E-state index < -0.39 is 5.76 Å². The molecule has 20 heavy (non-hydrogen) atoms. The quantitative estimate of drug-likeness (QED) is 0.671. The van der Waals surface area contributed by atoms with E-state index in [4.69, 9.17) is 0 Å². The fourth-order valence-corrected chi connectivity index (χ4v) is 3.57. The van der Waals surface area contributed by atoms with Crippen LogP contribution in [0.15, 0.2) is 16.3 Å². The van der Waals surface area contributed by atoms with Gasteiger partial charge in [0.2, 0.25) is 0 Å². The molecular formula is C14H21F2NOS2. The van der Waals surface area contributed by atoms with E-state index in [1.807, 2.05) is 27.7 Å². The van der Waals surface area contributed by atoms with Gasteiger partial charge in [-0.1, -0.05) is 39.5 Å². The molecule has 0 aliphatic heterocycles. The summed E-state index contributed by atoms with van der Waals surface area (Å²) in [6.45, 7) is 9.47. The van der Waals surface area contributed by atoms with Crippen molar-refractivity contribution in [1.82, 2.24) is 4.90 Å². The normalized spacial score (nSPS) is 11.7. The zero-order valence-corrected chi connectivity index (χ0v) is 13.9. The van der Waals surface area contributed by atoms with Gasteiger partial charge in [0.05, 0.1) is 0 Å². The van der Waals surface area contributed by atoms with Gasteiger partial charge in [0.1, 0.15) is 4.88 Å². The zero-order valence-electron chi connectivity index (χ0n) is 12.2. The second-order valence-electron chi connectivity index (χ2n) is 5.49. The monoisotopic (exact) mass is 321 g/mol. The zero-order chi connectivity index (χ0) is 15.3. The maximum atomic E-state index is 12.6. The van der Waals surface area contributed by atoms with Crippen LogP contribution in [0.25, 0.3) is 0 Å². The van der Waals surface area contributed by atoms with Crippen LogP contribution < -0.4 is 0 Å². The lowest BCUT2D eigenvalue weighted by atomic mass is 10.1. The Kier molecular flexibility index (Phi) is 6.95. The van der Waals surface area contributed by atoms with Crippen molar-refractivity contribution >= 4 is 29.0 Å². The summed E-state index contributed by atoms with van der Waals surface area (Å²) >= 11 is 1.68. The average molecular weight is 321 g/mol. The molecule has 0 radical (unpaired) electrons. The third-order valence-electron chi connectivity index (χ3n) is 2.50. The van der Waals surface area contributed by atoms with Crippen LogP contribution in [0, 0.1) is 11.8 Å². The molecule has 2 nitrogen and oxygen atoms in total. The molecule has 0 N–H and O–H groups in total. The van der Waals surface area contributed by atoms with Crippen molar-refractivity contribution in [2.24, 2.45) is 11.8 Å². The van der Waals surface area contributed by atoms with Crippen LogP contribution in [0.4, 0.5) is 8.78 Å². The number of rotatable bonds is 7. The first kappa shape index (κ1) is 17.4. The number of amides is 1. The van der Waals surface area contributed by atoms with E-state index in [1.165, 1.54) is 11.3 Å². The van der Waals surface area contributed by atoms with Gasteiger partial charge in [-0.25, -0.2) is 0 Å². The summed E-state index contributed by atoms with van der Waals surface area (Å²) in [7, 11) is 0. The van der Waals surface area contributed by atoms with Gasteiger partial charge in [-0.2, -0.15) is 8.78 Å². The van der Waals surface area contributed by atoms with E-state index in [0.29, 0.717) is 46.5 Å². The third kappa shape index (κ3) is 5.40. The topological polar surface area (TPSA) is 20.3 Å². The van der Waals surface area contributed by atoms with Crippen molar-refractivity contribution in [3.8, 4) is 0 Å². The number of carbonyl (C=O) groups excluding carboxylic acids is 1. The van der Waals surface area contributed by atoms with Gasteiger partial charge < -0.3 is 4.90 Å². The van der Waals surface area contributed by atoms with Crippen LogP contribution in [0.1, 0.15) is 37.4 Å². The molecule has 0 atom stereocenters. The summed E-state index contributed by atoms with van der Waals surface area (Å²) in [6, 6.07) is 1.59. The minimum Gasteiger partial charge on any atom is -0.337 e. The number of hydrogen-bond acceptors (Lipinski definition) is 3. The Bertz CT molecular complexity index is 423. The number of nitrogens with zero attached hydrogens (tertiary/aromatic N) is 1. The number of carbonyl (C=O) groups is 1. The molecule has 0 unspecified atom stereocenters. The molecule has 1 rings (SSSR count). The molecule has 0 bridgehead atoms. The van der Waals surface area contributed by atoms with E-state index in [-0.39, 0.29) is 5.91 Å². The predicted molar refractivity (Wildman–Crippen MR) is 81.8 cm³/mol. The molecule has 0 aliphatic rings. The highest BCUT2D eigenvalue weighted by atomic mass is 32.2. The second kappa shape index (κ2) is 7.98. The van der Waals surface area contributed by atoms with Gasteiger partial charge in [0, 0.05) is 18.0 Å². The fraction of sp³-hybridized carbons (Fsp3) is 0.643. The first-order valence-electron chi connectivity index (χ1n) is 6.62. The Morgan fingerprint density at radius 3 is 2.25 bits per heavy atom. The SMILES string of the molecule is CC(C)CN(CC(C)C)C(=O)c1sccc1SC(F)F. The summed E-state index contributed by atoms with van der Waals surface area (Å²) in [6.07, 6.45) is 0. The number of hydrogen-bond donors (Lipinski definition) is 0. The average Bonchev–Trinajstić information content (AvgIpc) is 2.73. The van der Waals surface area contributed by atoms with Crippen molar-refractivity contribution in [3.05, 3.63) is 16.3 Å². The molecule has 1 amide bonds. The Labute approximate surface area is 127 Å². The number of thioether (sulfide) groups is 1. The summed E-state index contributed by atoms with van der Waals surface area (Å²) < 4.78 is 25.0. The first-order valence-corrected chi connectivity index (χ1v) is 8.38. The minimum absolute atomic E-state index is 0.134. The molecule has 0 spiro atoms. The summed E-state index contributed by atoms with van der Waals surface area (Å²) in [4.78, 5) is 15.1. The summed E-state index contributed by atoms with van der Waals surface area (Å²) in [5.74, 6) is -1.93. The van der Waals surface area contributed by atoms with Crippen LogP contribution >= 0.6 is 23.1 Å². The second-order valence-corrected chi connectivity index (χ2v) is 7.44. The lowest BCUT2D eigenvalue weighted by Crippen LogP contribution is -2.36. The van der Waals surface area contributed by atoms with Crippen molar-refractivity contribution in [2.45, 2.75) is 38.3 Å². The van der Waals surface area contributed by atoms with Gasteiger partial charge in [0.25, 0.3) is 11.7 Å². The molecule has 0 fully saturated rings. The van der Waals surface area contributed by atoms with E-state index in [2.05, 4.69) is 0 Å². The largest absolute Gasteiger partial charge is 0.337 e. The molecule has 1 aromatic heterocycles. The fourth-order valence-electron chi connectivity index (χ4n) is 1.91. The van der Waals surface area contributed by atoms with E-state index >= 15 is 0 Å². The Hall–Kier alpha value is -0.620. The maximum Gasteiger partial charge on any atom is 0.288 e. The summed E-state index contributed by atoms with van der Waals surface area (Å²) in [5.41, 5.74) is 0. The van der Waals surface area contributed by atoms with Crippen LogP contribution in [-0.2, 0) is 0 Å². The van der Waals surface area contributed by atoms with Gasteiger partial charge >= 0.3 is 0 Å². The van der Waals surface area contributed by atoms with Crippen LogP contribution in [-0.4, -0.2) is 29.7 Å². The van der Waals surface area contributed by atoms with Crippen LogP contribution in [0.5, 0.6) is 0 Å². The summed E-state index contributed by atoms with van der Waals surface area (Å²) in [5, 5.41) is 1.70. The van der Waals surface area contributed by atoms with Crippen molar-refractivity contribution in [3.63, 3.8) is 0 Å². The lowest BCUT2D eigenvalue weighted by Gasteiger charge is -2.26. The van der Waals surface area contributed by atoms with E-state index in [1.54, 1.807) is 16.3 Å². The number of thiophene rings is 1. The van der Waals surface area contributed by atoms with Gasteiger partial charge in [-0.3, -0.25) is 4.79 Å². The third-order valence-corrected chi connectivity index (χ3v) is 4.30. The Balaban J connectivity index is 2.90. The minimum atomic E-state index is -2.50. The van der Waals surface area contributed by atoms with Gasteiger partial charge in [0.15, 0.2) is 0 Å². The molecule has 1 aromatic rings. The Morgan fingerprint density at radius 1 is 1.25 bits per heavy atom. The predicted octanol–water partition coefficient (Wildman–Crippen LogP) is 4.82. The van der Waals surface area contributed by atoms with Gasteiger partial charge in [-0.05, 0) is 23.3 Å². The van der Waals surface area contributed by atoms with Crippen molar-refractivity contribution < 1.29 is 13.6 Å². The highest BCUT2D eigenvalue weighted by Gasteiger charge is 2.23. The molecule has 6 heteroatoms. The molecular weight excluding hydrogens is 300 g/mol. The highest BCUT2D eigenvalue weighted by molar-refractivity contribution is 7.99. The van der Waals surface area contributed by atoms with E-state index in [9.17, 15) is 13.6 Å². The number of halogens is 2. The van der Waals surface area contributed by atoms with Crippen LogP contribution in [0.2, 0.25) is 0 Å². The molecule has 114 valence electrons. The molecule has 0 aliphatic carbocycles. The van der Waals surface area contributed by atoms with E-state index in [0.717, 1.165) is 0 Å². The smallest absolute Gasteiger partial charge is 0.288 e. The molecule has 0 saturated carbocycles. The number of alkyl halides is 2. The highest BCUT2D eigenvalue weighted by Crippen LogP contribution is 2.33. The molecule has 0 aromatic carbocycles. The van der Waals surface area contributed by atoms with Crippen LogP contribution in [0.3, 0.4) is 0 Å². The maximum absolute atomic E-state index is 12.6. The van der Waals surface area contributed by atoms with Gasteiger partial charge in [-0.15, -0.1) is 11.3 Å². The standard InChI is InChI=1S/C14H21F2NOS2/c1-9(2)7-17(8-10(3)4)13(18)12-11(5-6-19-12)20-14(15)16/h5-6,9-10,14H,7-8H2,1-4H3. The first-order chi connectivity index (χ1) is 9.31. The molecule has 0 saturated heterocycles. The van der Waals surface area contributed by atoms with Crippen molar-refractivity contribution in [2.75, 3.05) is 13.1 Å². The lowest BCUT2D eigenvalue weighted by molar-refractivity contribution is 0.0717.